The molecule has 0 unspecified atom stereocenters. The molecule has 0 aliphatic heterocycles. The Hall–Kier alpha value is -0.890. The molecule has 1 heterocycles. The SMILES string of the molecule is CON=C(C(=O)Cl)c1csc(NC(=O)CCl)n1.Cl. The van der Waals surface area contributed by atoms with Crippen molar-refractivity contribution in [3.63, 3.8) is 0 Å². The first-order valence-electron chi connectivity index (χ1n) is 4.21. The third kappa shape index (κ3) is 4.77. The second-order valence-electron chi connectivity index (χ2n) is 2.62. The number of hydrogen-bond donors (Lipinski definition) is 1. The molecule has 0 saturated carbocycles. The van der Waals surface area contributed by atoms with Gasteiger partial charge in [0.2, 0.25) is 5.91 Å². The molecule has 0 spiro atoms. The molecule has 1 aromatic heterocycles. The van der Waals surface area contributed by atoms with E-state index < -0.39 is 11.1 Å². The van der Waals surface area contributed by atoms with Gasteiger partial charge in [-0.05, 0) is 11.6 Å². The molecule has 1 amide bonds. The van der Waals surface area contributed by atoms with Crippen LogP contribution in [0.2, 0.25) is 0 Å². The van der Waals surface area contributed by atoms with Crippen molar-refractivity contribution in [2.75, 3.05) is 18.3 Å². The zero-order valence-electron chi connectivity index (χ0n) is 8.98. The van der Waals surface area contributed by atoms with Crippen LogP contribution in [-0.4, -0.2) is 34.8 Å². The van der Waals surface area contributed by atoms with E-state index in [1.807, 2.05) is 0 Å². The Morgan fingerprint density at radius 1 is 1.61 bits per heavy atom. The fourth-order valence-electron chi connectivity index (χ4n) is 0.867. The number of nitrogens with zero attached hydrogens (tertiary/aromatic N) is 2. The molecule has 0 bridgehead atoms. The van der Waals surface area contributed by atoms with E-state index in [2.05, 4.69) is 20.3 Å². The smallest absolute Gasteiger partial charge is 0.276 e. The van der Waals surface area contributed by atoms with Crippen LogP contribution in [0, 0.1) is 0 Å². The molecule has 0 fully saturated rings. The highest BCUT2D eigenvalue weighted by Crippen LogP contribution is 2.17. The largest absolute Gasteiger partial charge is 0.398 e. The van der Waals surface area contributed by atoms with Gasteiger partial charge in [-0.15, -0.1) is 35.3 Å². The molecule has 6 nitrogen and oxygen atoms in total. The lowest BCUT2D eigenvalue weighted by Gasteiger charge is -1.96. The summed E-state index contributed by atoms with van der Waals surface area (Å²) in [6, 6.07) is 0. The van der Waals surface area contributed by atoms with Crippen LogP contribution >= 0.6 is 46.9 Å². The summed E-state index contributed by atoms with van der Waals surface area (Å²) in [6.07, 6.45) is 0. The van der Waals surface area contributed by atoms with Crippen molar-refractivity contribution in [3.05, 3.63) is 11.1 Å². The highest BCUT2D eigenvalue weighted by atomic mass is 35.5. The maximum Gasteiger partial charge on any atom is 0.276 e. The van der Waals surface area contributed by atoms with E-state index in [1.165, 1.54) is 12.5 Å². The third-order valence-electron chi connectivity index (χ3n) is 1.48. The Kier molecular flexibility index (Phi) is 7.85. The minimum absolute atomic E-state index is 0. The second-order valence-corrected chi connectivity index (χ2v) is 4.08. The van der Waals surface area contributed by atoms with Crippen LogP contribution in [0.4, 0.5) is 5.13 Å². The maximum absolute atomic E-state index is 11.0. The zero-order valence-corrected chi connectivity index (χ0v) is 12.1. The molecule has 18 heavy (non-hydrogen) atoms. The molecule has 0 aliphatic rings. The molecule has 100 valence electrons. The first-order chi connectivity index (χ1) is 8.08. The quantitative estimate of drug-likeness (QED) is 0.386. The lowest BCUT2D eigenvalue weighted by Crippen LogP contribution is -2.14. The lowest BCUT2D eigenvalue weighted by molar-refractivity contribution is -0.114. The fourth-order valence-corrected chi connectivity index (χ4v) is 1.78. The first kappa shape index (κ1) is 17.1. The van der Waals surface area contributed by atoms with E-state index in [9.17, 15) is 9.59 Å². The van der Waals surface area contributed by atoms with Crippen molar-refractivity contribution in [2.45, 2.75) is 0 Å². The van der Waals surface area contributed by atoms with Gasteiger partial charge in [-0.3, -0.25) is 9.59 Å². The number of carbonyl (C=O) groups is 2. The number of rotatable bonds is 5. The van der Waals surface area contributed by atoms with Crippen LogP contribution in [0.5, 0.6) is 0 Å². The number of aromatic nitrogens is 1. The molecule has 0 saturated heterocycles. The molecule has 0 atom stereocenters. The van der Waals surface area contributed by atoms with Gasteiger partial charge in [-0.1, -0.05) is 5.16 Å². The van der Waals surface area contributed by atoms with Crippen molar-refractivity contribution in [2.24, 2.45) is 5.16 Å². The molecule has 1 N–H and O–H groups in total. The number of nitrogens with one attached hydrogen (secondary N) is 1. The van der Waals surface area contributed by atoms with Crippen LogP contribution in [0.1, 0.15) is 5.69 Å². The monoisotopic (exact) mass is 331 g/mol. The zero-order chi connectivity index (χ0) is 12.8. The van der Waals surface area contributed by atoms with Gasteiger partial charge in [0.15, 0.2) is 10.8 Å². The van der Waals surface area contributed by atoms with E-state index in [4.69, 9.17) is 23.2 Å². The Bertz CT molecular complexity index is 463. The van der Waals surface area contributed by atoms with Gasteiger partial charge in [-0.25, -0.2) is 4.98 Å². The lowest BCUT2D eigenvalue weighted by atomic mass is 10.3. The number of hydrogen-bond acceptors (Lipinski definition) is 6. The summed E-state index contributed by atoms with van der Waals surface area (Å²) >= 11 is 11.7. The molecule has 0 aliphatic carbocycles. The van der Waals surface area contributed by atoms with Gasteiger partial charge in [0.1, 0.15) is 18.7 Å². The summed E-state index contributed by atoms with van der Waals surface area (Å²) in [7, 11) is 1.28. The van der Waals surface area contributed by atoms with Gasteiger partial charge in [0.05, 0.1) is 0 Å². The minimum Gasteiger partial charge on any atom is -0.398 e. The summed E-state index contributed by atoms with van der Waals surface area (Å²) in [5, 5.41) is 6.90. The molecular formula is C8H8Cl3N3O3S. The summed E-state index contributed by atoms with van der Waals surface area (Å²) in [6.45, 7) is 0. The van der Waals surface area contributed by atoms with E-state index in [0.717, 1.165) is 11.3 Å². The maximum atomic E-state index is 11.0. The Balaban J connectivity index is 0.00000289. The summed E-state index contributed by atoms with van der Waals surface area (Å²) < 4.78 is 0. The van der Waals surface area contributed by atoms with Crippen molar-refractivity contribution in [1.82, 2.24) is 4.98 Å². The average Bonchev–Trinajstić information content (AvgIpc) is 2.73. The number of anilines is 1. The standard InChI is InChI=1S/C8H7Cl2N3O3S.ClH/c1-16-13-6(7(10)15)4-3-17-8(11-4)12-5(14)2-9;/h3H,2H2,1H3,(H,11,12,14);1H. The van der Waals surface area contributed by atoms with E-state index in [0.29, 0.717) is 5.13 Å². The number of thiazole rings is 1. The van der Waals surface area contributed by atoms with Gasteiger partial charge in [-0.2, -0.15) is 0 Å². The van der Waals surface area contributed by atoms with Crippen molar-refractivity contribution in [3.8, 4) is 0 Å². The first-order valence-corrected chi connectivity index (χ1v) is 6.00. The summed E-state index contributed by atoms with van der Waals surface area (Å²) in [4.78, 5) is 30.4. The molecule has 10 heteroatoms. The van der Waals surface area contributed by atoms with E-state index >= 15 is 0 Å². The summed E-state index contributed by atoms with van der Waals surface area (Å²) in [5.74, 6) is -0.572. The van der Waals surface area contributed by atoms with Gasteiger partial charge < -0.3 is 10.2 Å². The minimum atomic E-state index is -0.799. The fraction of sp³-hybridized carbons (Fsp3) is 0.250. The number of carbonyl (C=O) groups excluding carboxylic acids is 2. The number of amides is 1. The highest BCUT2D eigenvalue weighted by Gasteiger charge is 2.17. The predicted octanol–water partition coefficient (Wildman–Crippen LogP) is 1.86. The normalized spacial score (nSPS) is 10.5. The number of alkyl halides is 1. The van der Waals surface area contributed by atoms with Gasteiger partial charge >= 0.3 is 0 Å². The third-order valence-corrected chi connectivity index (χ3v) is 2.66. The van der Waals surface area contributed by atoms with Crippen LogP contribution < -0.4 is 5.32 Å². The van der Waals surface area contributed by atoms with E-state index in [1.54, 1.807) is 0 Å². The van der Waals surface area contributed by atoms with Crippen LogP contribution in [0.15, 0.2) is 10.5 Å². The highest BCUT2D eigenvalue weighted by molar-refractivity contribution is 7.14. The number of halogens is 3. The van der Waals surface area contributed by atoms with Crippen LogP contribution in [-0.2, 0) is 14.4 Å². The Morgan fingerprint density at radius 3 is 2.78 bits per heavy atom. The molecule has 1 aromatic rings. The van der Waals surface area contributed by atoms with Crippen molar-refractivity contribution < 1.29 is 14.4 Å². The topological polar surface area (TPSA) is 80.6 Å². The van der Waals surface area contributed by atoms with E-state index in [-0.39, 0.29) is 29.7 Å². The Morgan fingerprint density at radius 2 is 2.28 bits per heavy atom. The molecule has 0 radical (unpaired) electrons. The van der Waals surface area contributed by atoms with Crippen LogP contribution in [0.3, 0.4) is 0 Å². The predicted molar refractivity (Wildman–Crippen MR) is 73.1 cm³/mol. The average molecular weight is 333 g/mol. The summed E-state index contributed by atoms with van der Waals surface area (Å²) in [5.41, 5.74) is 0.0958. The van der Waals surface area contributed by atoms with Gasteiger partial charge in [0, 0.05) is 5.38 Å². The van der Waals surface area contributed by atoms with Crippen LogP contribution in [0.25, 0.3) is 0 Å². The molecule has 1 rings (SSSR count). The van der Waals surface area contributed by atoms with Crippen molar-refractivity contribution >= 4 is 68.9 Å². The Labute approximate surface area is 123 Å². The molecule has 0 aromatic carbocycles. The molecular weight excluding hydrogens is 325 g/mol. The number of oxime groups is 1. The van der Waals surface area contributed by atoms with Gasteiger partial charge in [0.25, 0.3) is 5.24 Å². The van der Waals surface area contributed by atoms with Crippen molar-refractivity contribution in [1.29, 1.82) is 0 Å². The second kappa shape index (κ2) is 8.25.